The van der Waals surface area contributed by atoms with Crippen LogP contribution in [0.25, 0.3) is 5.57 Å². The number of alkyl halides is 3. The molecule has 1 saturated heterocycles. The minimum atomic E-state index is -4.34. The number of fused-ring (bicyclic) bond motifs is 1. The van der Waals surface area contributed by atoms with Crippen LogP contribution in [0.15, 0.2) is 61.3 Å². The molecule has 0 saturated carbocycles. The molecule has 39 heavy (non-hydrogen) atoms. The maximum Gasteiger partial charge on any atom is 0.416 e. The number of hydrogen-bond donors (Lipinski definition) is 0. The van der Waals surface area contributed by atoms with Crippen LogP contribution in [0.5, 0.6) is 11.8 Å². The van der Waals surface area contributed by atoms with E-state index in [1.807, 2.05) is 31.2 Å². The molecule has 8 nitrogen and oxygen atoms in total. The summed E-state index contributed by atoms with van der Waals surface area (Å²) in [5.74, 6) is 0.889. The fraction of sp³-hybridized carbons (Fsp3) is 0.393. The molecule has 1 atom stereocenters. The summed E-state index contributed by atoms with van der Waals surface area (Å²) in [5.41, 5.74) is 1.39. The molecule has 3 aromatic rings. The number of rotatable bonds is 8. The Morgan fingerprint density at radius 1 is 1.18 bits per heavy atom. The number of halogens is 3. The smallest absolute Gasteiger partial charge is 0.416 e. The van der Waals surface area contributed by atoms with E-state index in [2.05, 4.69) is 16.5 Å². The van der Waals surface area contributed by atoms with Gasteiger partial charge < -0.3 is 24.5 Å². The first-order chi connectivity index (χ1) is 18.5. The molecule has 2 aromatic carbocycles. The summed E-state index contributed by atoms with van der Waals surface area (Å²) in [6.07, 6.45) is -0.262. The fourth-order valence-corrected chi connectivity index (χ4v) is 5.10. The zero-order valence-electron chi connectivity index (χ0n) is 21.5. The number of aromatic nitrogens is 2. The van der Waals surface area contributed by atoms with E-state index in [1.54, 1.807) is 4.57 Å². The van der Waals surface area contributed by atoms with Gasteiger partial charge in [0.25, 0.3) is 0 Å². The van der Waals surface area contributed by atoms with Crippen LogP contribution in [-0.2, 0) is 12.7 Å². The van der Waals surface area contributed by atoms with E-state index in [0.717, 1.165) is 61.3 Å². The van der Waals surface area contributed by atoms with Gasteiger partial charge in [-0.25, -0.2) is 0 Å². The van der Waals surface area contributed by atoms with Gasteiger partial charge in [-0.3, -0.25) is 4.57 Å². The van der Waals surface area contributed by atoms with Gasteiger partial charge in [0, 0.05) is 23.8 Å². The number of anilines is 1. The highest BCUT2D eigenvalue weighted by atomic mass is 19.4. The van der Waals surface area contributed by atoms with Crippen LogP contribution in [0.4, 0.5) is 24.7 Å². The third kappa shape index (κ3) is 6.02. The lowest BCUT2D eigenvalue weighted by Crippen LogP contribution is -2.38. The summed E-state index contributed by atoms with van der Waals surface area (Å²) >= 11 is 0. The third-order valence-electron chi connectivity index (χ3n) is 7.27. The molecule has 11 heteroatoms. The number of hydrogen-bond acceptors (Lipinski definition) is 6. The van der Waals surface area contributed by atoms with Crippen LogP contribution in [0.1, 0.15) is 37.3 Å². The van der Waals surface area contributed by atoms with Gasteiger partial charge in [-0.2, -0.15) is 13.2 Å². The number of benzene rings is 2. The second-order valence-corrected chi connectivity index (χ2v) is 10.4. The van der Waals surface area contributed by atoms with Crippen molar-refractivity contribution in [3.63, 3.8) is 0 Å². The highest BCUT2D eigenvalue weighted by molar-refractivity contribution is 5.64. The molecule has 206 valence electrons. The fourth-order valence-electron chi connectivity index (χ4n) is 5.10. The van der Waals surface area contributed by atoms with Crippen LogP contribution >= 0.6 is 0 Å². The van der Waals surface area contributed by atoms with Gasteiger partial charge in [-0.05, 0) is 84.6 Å². The van der Waals surface area contributed by atoms with Crippen molar-refractivity contribution < 1.29 is 27.6 Å². The molecule has 0 aliphatic carbocycles. The van der Waals surface area contributed by atoms with Gasteiger partial charge in [0.1, 0.15) is 18.6 Å². The molecule has 0 N–H and O–H groups in total. The maximum atomic E-state index is 12.8. The van der Waals surface area contributed by atoms with Gasteiger partial charge in [-0.1, -0.05) is 18.7 Å². The van der Waals surface area contributed by atoms with Gasteiger partial charge >= 0.3 is 18.0 Å². The molecule has 0 amide bonds. The van der Waals surface area contributed by atoms with E-state index in [4.69, 9.17) is 9.47 Å². The molecule has 1 fully saturated rings. The van der Waals surface area contributed by atoms with Crippen molar-refractivity contribution in [3.05, 3.63) is 82.5 Å². The summed E-state index contributed by atoms with van der Waals surface area (Å²) in [4.78, 5) is 16.5. The zero-order valence-corrected chi connectivity index (χ0v) is 21.5. The van der Waals surface area contributed by atoms with Gasteiger partial charge in [-0.15, -0.1) is 0 Å². The largest absolute Gasteiger partial charge is 0.489 e. The van der Waals surface area contributed by atoms with Crippen molar-refractivity contribution in [1.29, 1.82) is 0 Å². The molecular weight excluding hydrogens is 513 g/mol. The third-order valence-corrected chi connectivity index (χ3v) is 7.27. The van der Waals surface area contributed by atoms with Crippen molar-refractivity contribution in [2.24, 2.45) is 5.92 Å². The average Bonchev–Trinajstić information content (AvgIpc) is 3.43. The quantitative estimate of drug-likeness (QED) is 0.243. The minimum absolute atomic E-state index is 0.217. The molecule has 1 aromatic heterocycles. The first-order valence-corrected chi connectivity index (χ1v) is 12.7. The van der Waals surface area contributed by atoms with E-state index < -0.39 is 22.3 Å². The molecule has 3 heterocycles. The van der Waals surface area contributed by atoms with Crippen molar-refractivity contribution in [1.82, 2.24) is 9.55 Å². The van der Waals surface area contributed by atoms with Gasteiger partial charge in [0.2, 0.25) is 0 Å². The number of ether oxygens (including phenoxy) is 2. The number of nitrogens with zero attached hydrogens (tertiary/aromatic N) is 4. The van der Waals surface area contributed by atoms with Crippen molar-refractivity contribution in [2.75, 3.05) is 24.6 Å². The summed E-state index contributed by atoms with van der Waals surface area (Å²) in [5, 5.41) is 10.9. The lowest BCUT2D eigenvalue weighted by Gasteiger charge is -2.34. The zero-order chi connectivity index (χ0) is 27.8. The monoisotopic (exact) mass is 542 g/mol. The van der Waals surface area contributed by atoms with Crippen LogP contribution in [-0.4, -0.2) is 39.8 Å². The Labute approximate surface area is 223 Å². The Balaban J connectivity index is 1.08. The predicted molar refractivity (Wildman–Crippen MR) is 140 cm³/mol. The second kappa shape index (κ2) is 10.3. The Bertz CT molecular complexity index is 1320. The normalized spacial score (nSPS) is 19.4. The standard InChI is InChI=1S/C28H29F3N4O4/c1-19(21-3-5-22(6-4-21)28(29,30)31)15-20-11-13-33(14-12-20)23-7-9-24(10-8-23)38-18-27(2)17-34-16-25(35(36)37)32-26(34)39-27/h3-10,16,20H,1,11-15,17-18H2,2H3/t27-/m1/s1. The lowest BCUT2D eigenvalue weighted by molar-refractivity contribution is -0.389. The second-order valence-electron chi connectivity index (χ2n) is 10.4. The van der Waals surface area contributed by atoms with Crippen LogP contribution in [0, 0.1) is 16.0 Å². The number of imidazole rings is 1. The van der Waals surface area contributed by atoms with E-state index in [0.29, 0.717) is 18.2 Å². The first-order valence-electron chi connectivity index (χ1n) is 12.7. The van der Waals surface area contributed by atoms with Crippen LogP contribution in [0.3, 0.4) is 0 Å². The number of nitro groups is 1. The van der Waals surface area contributed by atoms with E-state index in [9.17, 15) is 23.3 Å². The Morgan fingerprint density at radius 2 is 1.85 bits per heavy atom. The first kappa shape index (κ1) is 26.6. The van der Waals surface area contributed by atoms with E-state index in [-0.39, 0.29) is 18.4 Å². The maximum absolute atomic E-state index is 12.8. The Hall–Kier alpha value is -4.02. The van der Waals surface area contributed by atoms with Gasteiger partial charge in [0.05, 0.1) is 12.1 Å². The van der Waals surface area contributed by atoms with Crippen LogP contribution < -0.4 is 14.4 Å². The molecule has 0 bridgehead atoms. The molecule has 5 rings (SSSR count). The minimum Gasteiger partial charge on any atom is -0.489 e. The van der Waals surface area contributed by atoms with Gasteiger partial charge in [0.15, 0.2) is 5.60 Å². The molecule has 2 aliphatic heterocycles. The summed E-state index contributed by atoms with van der Waals surface area (Å²) in [6.45, 7) is 8.43. The highest BCUT2D eigenvalue weighted by Crippen LogP contribution is 2.34. The molecular formula is C28H29F3N4O4. The Morgan fingerprint density at radius 3 is 2.44 bits per heavy atom. The van der Waals surface area contributed by atoms with E-state index in [1.165, 1.54) is 18.3 Å². The van der Waals surface area contributed by atoms with E-state index >= 15 is 0 Å². The summed E-state index contributed by atoms with van der Waals surface area (Å²) < 4.78 is 51.8. The molecule has 0 unspecified atom stereocenters. The van der Waals surface area contributed by atoms with Crippen molar-refractivity contribution in [3.8, 4) is 11.8 Å². The summed E-state index contributed by atoms with van der Waals surface area (Å²) in [6, 6.07) is 13.3. The van der Waals surface area contributed by atoms with Crippen molar-refractivity contribution >= 4 is 17.1 Å². The number of allylic oxidation sites excluding steroid dienone is 1. The molecule has 0 radical (unpaired) electrons. The highest BCUT2D eigenvalue weighted by Gasteiger charge is 2.41. The predicted octanol–water partition coefficient (Wildman–Crippen LogP) is 6.36. The molecule has 2 aliphatic rings. The average molecular weight is 543 g/mol. The SMILES string of the molecule is C=C(CC1CCN(c2ccc(OC[C@@]3(C)Cn4cc([N+](=O)[O-])nc4O3)cc2)CC1)c1ccc(C(F)(F)F)cc1. The topological polar surface area (TPSA) is 82.7 Å². The van der Waals surface area contributed by atoms with Crippen molar-refractivity contribution in [2.45, 2.75) is 44.5 Å². The lowest BCUT2D eigenvalue weighted by atomic mass is 9.88. The summed E-state index contributed by atoms with van der Waals surface area (Å²) in [7, 11) is 0. The molecule has 0 spiro atoms. The number of piperidine rings is 1. The Kier molecular flexibility index (Phi) is 7.00. The van der Waals surface area contributed by atoms with Crippen LogP contribution in [0.2, 0.25) is 0 Å².